The van der Waals surface area contributed by atoms with Crippen LogP contribution in [0.4, 0.5) is 13.2 Å². The monoisotopic (exact) mass is 447 g/mol. The van der Waals surface area contributed by atoms with Crippen LogP contribution in [-0.2, 0) is 10.7 Å². The molecule has 5 nitrogen and oxygen atoms in total. The molecule has 1 unspecified atom stereocenters. The number of hydrogen-bond donors (Lipinski definition) is 0. The van der Waals surface area contributed by atoms with Crippen molar-refractivity contribution in [2.45, 2.75) is 50.2 Å². The molecule has 1 saturated carbocycles. The van der Waals surface area contributed by atoms with Crippen LogP contribution in [0.1, 0.15) is 43.4 Å². The highest BCUT2D eigenvalue weighted by atomic mass is 32.2. The average Bonchev–Trinajstić information content (AvgIpc) is 2.98. The highest BCUT2D eigenvalue weighted by Gasteiger charge is 2.29. The van der Waals surface area contributed by atoms with Crippen molar-refractivity contribution in [1.82, 2.24) is 19.5 Å². The Labute approximate surface area is 181 Å². The minimum Gasteiger partial charge on any atom is -0.319 e. The number of hydrogen-bond acceptors (Lipinski definition) is 4. The molecule has 1 atom stereocenters. The van der Waals surface area contributed by atoms with E-state index >= 15 is 0 Å². The van der Waals surface area contributed by atoms with Gasteiger partial charge in [-0.2, -0.15) is 13.2 Å². The first-order chi connectivity index (χ1) is 14.8. The van der Waals surface area contributed by atoms with Gasteiger partial charge >= 0.3 is 6.18 Å². The van der Waals surface area contributed by atoms with Gasteiger partial charge in [0.2, 0.25) is 0 Å². The van der Waals surface area contributed by atoms with Crippen LogP contribution in [0.3, 0.4) is 0 Å². The Bertz CT molecular complexity index is 1160. The van der Waals surface area contributed by atoms with Crippen LogP contribution < -0.4 is 0 Å². The number of nitrogens with zero attached hydrogens (tertiary/aromatic N) is 5. The molecule has 9 heteroatoms. The molecule has 164 valence electrons. The van der Waals surface area contributed by atoms with E-state index in [4.69, 9.17) is 4.98 Å². The maximum absolute atomic E-state index is 12.5. The normalized spacial score (nSPS) is 16.3. The fraction of sp³-hybridized carbons (Fsp3) is 0.409. The molecule has 31 heavy (non-hydrogen) atoms. The van der Waals surface area contributed by atoms with Crippen molar-refractivity contribution in [2.24, 2.45) is 4.36 Å². The van der Waals surface area contributed by atoms with Gasteiger partial charge in [-0.25, -0.2) is 15.0 Å². The molecule has 0 spiro atoms. The van der Waals surface area contributed by atoms with E-state index < -0.39 is 23.4 Å². The summed E-state index contributed by atoms with van der Waals surface area (Å²) in [5.41, 5.74) is 3.92. The van der Waals surface area contributed by atoms with Gasteiger partial charge in [0.25, 0.3) is 0 Å². The van der Waals surface area contributed by atoms with Crippen molar-refractivity contribution >= 4 is 27.8 Å². The zero-order valence-corrected chi connectivity index (χ0v) is 18.5. The van der Waals surface area contributed by atoms with Crippen molar-refractivity contribution in [2.75, 3.05) is 12.8 Å². The van der Waals surface area contributed by atoms with Gasteiger partial charge in [-0.05, 0) is 51.0 Å². The fourth-order valence-corrected chi connectivity index (χ4v) is 4.61. The zero-order chi connectivity index (χ0) is 22.2. The summed E-state index contributed by atoms with van der Waals surface area (Å²) < 4.78 is 43.4. The highest BCUT2D eigenvalue weighted by Crippen LogP contribution is 2.41. The van der Waals surface area contributed by atoms with E-state index in [0.29, 0.717) is 16.8 Å². The van der Waals surface area contributed by atoms with Crippen LogP contribution in [0.2, 0.25) is 0 Å². The lowest BCUT2D eigenvalue weighted by Crippen LogP contribution is -2.18. The van der Waals surface area contributed by atoms with E-state index in [0.717, 1.165) is 40.7 Å². The van der Waals surface area contributed by atoms with E-state index in [1.165, 1.54) is 6.42 Å². The van der Waals surface area contributed by atoms with Crippen LogP contribution >= 0.6 is 0 Å². The third-order valence-corrected chi connectivity index (χ3v) is 6.82. The molecule has 0 aliphatic heterocycles. The fourth-order valence-electron chi connectivity index (χ4n) is 3.71. The molecular weight excluding hydrogens is 423 g/mol. The van der Waals surface area contributed by atoms with Gasteiger partial charge in [0.1, 0.15) is 12.2 Å². The first-order valence-corrected chi connectivity index (χ1v) is 11.7. The molecule has 0 bridgehead atoms. The summed E-state index contributed by atoms with van der Waals surface area (Å²) in [4.78, 5) is 14.4. The van der Waals surface area contributed by atoms with Crippen molar-refractivity contribution in [1.29, 1.82) is 0 Å². The first-order valence-electron chi connectivity index (χ1n) is 10.1. The van der Waals surface area contributed by atoms with Gasteiger partial charge in [0, 0.05) is 35.6 Å². The summed E-state index contributed by atoms with van der Waals surface area (Å²) in [7, 11) is -0.929. The predicted molar refractivity (Wildman–Crippen MR) is 118 cm³/mol. The molecule has 3 aromatic heterocycles. The van der Waals surface area contributed by atoms with Crippen LogP contribution in [-0.4, -0.2) is 38.5 Å². The molecule has 0 amide bonds. The Kier molecular flexibility index (Phi) is 5.96. The topological polar surface area (TPSA) is 56.0 Å². The summed E-state index contributed by atoms with van der Waals surface area (Å²) in [6, 6.07) is 2.47. The Morgan fingerprint density at radius 1 is 1.19 bits per heavy atom. The van der Waals surface area contributed by atoms with E-state index in [-0.39, 0.29) is 0 Å². The SMILES string of the molecule is CC=Cc1c(-c2ncc(S(C)=NCC(F)(F)F)cn2)n(C2CCC2)c2ncc(C)cc12. The van der Waals surface area contributed by atoms with E-state index in [9.17, 15) is 13.2 Å². The minimum absolute atomic E-state index is 0.345. The van der Waals surface area contributed by atoms with E-state index in [2.05, 4.69) is 25.0 Å². The molecule has 0 aromatic carbocycles. The number of aromatic nitrogens is 4. The molecule has 1 aliphatic carbocycles. The largest absolute Gasteiger partial charge is 0.408 e. The number of halogens is 3. The van der Waals surface area contributed by atoms with Gasteiger partial charge in [-0.15, -0.1) is 0 Å². The molecule has 0 radical (unpaired) electrons. The summed E-state index contributed by atoms with van der Waals surface area (Å²) >= 11 is 0. The average molecular weight is 448 g/mol. The van der Waals surface area contributed by atoms with Crippen LogP contribution in [0.5, 0.6) is 0 Å². The van der Waals surface area contributed by atoms with Gasteiger partial charge in [0.15, 0.2) is 5.82 Å². The summed E-state index contributed by atoms with van der Waals surface area (Å²) in [5, 5.41) is 1.06. The Balaban J connectivity index is 1.83. The van der Waals surface area contributed by atoms with Crippen molar-refractivity contribution in [3.05, 3.63) is 41.9 Å². The summed E-state index contributed by atoms with van der Waals surface area (Å²) in [6.07, 6.45) is 9.75. The Morgan fingerprint density at radius 2 is 1.90 bits per heavy atom. The lowest BCUT2D eigenvalue weighted by Gasteiger charge is -2.29. The second-order valence-corrected chi connectivity index (χ2v) is 9.41. The quantitative estimate of drug-likeness (QED) is 0.488. The third kappa shape index (κ3) is 4.42. The molecule has 1 aliphatic rings. The second-order valence-electron chi connectivity index (χ2n) is 7.72. The number of rotatable bonds is 5. The lowest BCUT2D eigenvalue weighted by molar-refractivity contribution is -0.117. The number of alkyl halides is 3. The van der Waals surface area contributed by atoms with Crippen LogP contribution in [0.15, 0.2) is 40.0 Å². The Hall–Kier alpha value is -2.55. The van der Waals surface area contributed by atoms with E-state index in [1.807, 2.05) is 32.2 Å². The van der Waals surface area contributed by atoms with Crippen molar-refractivity contribution in [3.8, 4) is 11.5 Å². The molecule has 4 rings (SSSR count). The summed E-state index contributed by atoms with van der Waals surface area (Å²) in [5.74, 6) is 0.548. The van der Waals surface area contributed by atoms with Gasteiger partial charge < -0.3 is 4.57 Å². The number of fused-ring (bicyclic) bond motifs is 1. The number of pyridine rings is 1. The number of aryl methyl sites for hydroxylation is 1. The Morgan fingerprint density at radius 3 is 2.48 bits per heavy atom. The molecule has 3 heterocycles. The van der Waals surface area contributed by atoms with Crippen LogP contribution in [0, 0.1) is 6.92 Å². The van der Waals surface area contributed by atoms with Gasteiger partial charge in [0.05, 0.1) is 10.6 Å². The highest BCUT2D eigenvalue weighted by molar-refractivity contribution is 7.86. The standard InChI is InChI=1S/C22H24F3N5S/c1-4-6-17-18-9-14(2)10-28-21(18)30(15-7-5-8-15)19(17)20-26-11-16(12-27-20)31(3)29-13-22(23,24)25/h4,6,9-12,15H,5,7-8,13H2,1-3H3. The zero-order valence-electron chi connectivity index (χ0n) is 17.6. The molecular formula is C22H24F3N5S. The first kappa shape index (κ1) is 21.7. The van der Waals surface area contributed by atoms with E-state index in [1.54, 1.807) is 18.6 Å². The predicted octanol–water partition coefficient (Wildman–Crippen LogP) is 5.91. The molecule has 1 fully saturated rings. The summed E-state index contributed by atoms with van der Waals surface area (Å²) in [6.45, 7) is 2.82. The molecule has 0 N–H and O–H groups in total. The maximum Gasteiger partial charge on any atom is 0.408 e. The second kappa shape index (κ2) is 8.53. The number of allylic oxidation sites excluding steroid dienone is 1. The van der Waals surface area contributed by atoms with Crippen LogP contribution in [0.25, 0.3) is 28.6 Å². The van der Waals surface area contributed by atoms with Crippen molar-refractivity contribution < 1.29 is 13.2 Å². The lowest BCUT2D eigenvalue weighted by atomic mass is 9.92. The third-order valence-electron chi connectivity index (χ3n) is 5.41. The molecule has 0 saturated heterocycles. The smallest absolute Gasteiger partial charge is 0.319 e. The maximum atomic E-state index is 12.5. The van der Waals surface area contributed by atoms with Gasteiger partial charge in [-0.3, -0.25) is 4.36 Å². The van der Waals surface area contributed by atoms with Crippen molar-refractivity contribution in [3.63, 3.8) is 0 Å². The minimum atomic E-state index is -4.31. The van der Waals surface area contributed by atoms with Gasteiger partial charge in [-0.1, -0.05) is 22.8 Å². The molecule has 3 aromatic rings.